The summed E-state index contributed by atoms with van der Waals surface area (Å²) < 4.78 is 64.1. The van der Waals surface area contributed by atoms with Crippen molar-refractivity contribution in [2.24, 2.45) is 0 Å². The third-order valence-electron chi connectivity index (χ3n) is 3.63. The number of aliphatic hydroxyl groups excluding tert-OH is 1. The first-order valence-corrected chi connectivity index (χ1v) is 6.19. The van der Waals surface area contributed by atoms with Crippen molar-refractivity contribution in [3.05, 3.63) is 35.4 Å². The molecule has 0 radical (unpaired) electrons. The summed E-state index contributed by atoms with van der Waals surface area (Å²) in [6, 6.07) is 1.47. The lowest BCUT2D eigenvalue weighted by molar-refractivity contribution is -0.189. The lowest BCUT2D eigenvalue weighted by Gasteiger charge is -2.28. The van der Waals surface area contributed by atoms with E-state index >= 15 is 0 Å². The Labute approximate surface area is 112 Å². The molecule has 1 aromatic carbocycles. The van der Waals surface area contributed by atoms with E-state index in [0.717, 1.165) is 17.0 Å². The molecule has 1 heterocycles. The zero-order valence-corrected chi connectivity index (χ0v) is 10.5. The summed E-state index contributed by atoms with van der Waals surface area (Å²) in [5.41, 5.74) is 0.477. The number of nitrogens with zero attached hydrogens (tertiary/aromatic N) is 1. The van der Waals surface area contributed by atoms with Crippen molar-refractivity contribution in [2.75, 3.05) is 19.7 Å². The van der Waals surface area contributed by atoms with E-state index in [0.29, 0.717) is 12.0 Å². The second kappa shape index (κ2) is 5.65. The van der Waals surface area contributed by atoms with E-state index in [9.17, 15) is 22.0 Å². The van der Waals surface area contributed by atoms with Gasteiger partial charge in [0, 0.05) is 6.54 Å². The summed E-state index contributed by atoms with van der Waals surface area (Å²) in [4.78, 5) is 1.13. The molecule has 0 bridgehead atoms. The van der Waals surface area contributed by atoms with Gasteiger partial charge in [-0.15, -0.1) is 0 Å². The first-order chi connectivity index (χ1) is 9.32. The Morgan fingerprint density at radius 1 is 1.25 bits per heavy atom. The van der Waals surface area contributed by atoms with Crippen LogP contribution in [0.15, 0.2) is 18.2 Å². The molecule has 112 valence electrons. The van der Waals surface area contributed by atoms with Gasteiger partial charge in [0.1, 0.15) is 6.04 Å². The van der Waals surface area contributed by atoms with E-state index in [1.165, 1.54) is 6.07 Å². The molecule has 0 aromatic heterocycles. The molecule has 20 heavy (non-hydrogen) atoms. The van der Waals surface area contributed by atoms with Crippen LogP contribution in [0.1, 0.15) is 17.9 Å². The molecule has 7 heteroatoms. The number of alkyl halides is 3. The van der Waals surface area contributed by atoms with E-state index in [1.54, 1.807) is 0 Å². The maximum absolute atomic E-state index is 13.1. The van der Waals surface area contributed by atoms with Crippen LogP contribution in [0.4, 0.5) is 22.0 Å². The molecule has 2 atom stereocenters. The van der Waals surface area contributed by atoms with Gasteiger partial charge >= 0.3 is 6.18 Å². The number of hydrogen-bond donors (Lipinski definition) is 1. The molecule has 2 nitrogen and oxygen atoms in total. The van der Waals surface area contributed by atoms with E-state index in [2.05, 4.69) is 0 Å². The Morgan fingerprint density at radius 3 is 2.50 bits per heavy atom. The third kappa shape index (κ3) is 3.09. The van der Waals surface area contributed by atoms with Gasteiger partial charge in [0.05, 0.1) is 6.61 Å². The molecule has 1 fully saturated rings. The predicted octanol–water partition coefficient (Wildman–Crippen LogP) is 2.68. The van der Waals surface area contributed by atoms with E-state index in [4.69, 9.17) is 5.11 Å². The van der Waals surface area contributed by atoms with Crippen LogP contribution in [0.2, 0.25) is 0 Å². The fourth-order valence-corrected chi connectivity index (χ4v) is 2.53. The third-order valence-corrected chi connectivity index (χ3v) is 3.63. The van der Waals surface area contributed by atoms with Gasteiger partial charge in [0.25, 0.3) is 0 Å². The highest BCUT2D eigenvalue weighted by Gasteiger charge is 2.45. The van der Waals surface area contributed by atoms with Gasteiger partial charge in [0.15, 0.2) is 11.6 Å². The normalized spacial score (nSPS) is 22.2. The second-order valence-corrected chi connectivity index (χ2v) is 4.89. The SMILES string of the molecule is OC[C@H](N1CC[C@H](c2ccc(F)c(F)c2)C1)C(F)(F)F. The van der Waals surface area contributed by atoms with Gasteiger partial charge < -0.3 is 5.11 Å². The summed E-state index contributed by atoms with van der Waals surface area (Å²) in [6.45, 7) is -0.780. The van der Waals surface area contributed by atoms with Crippen LogP contribution < -0.4 is 0 Å². The van der Waals surface area contributed by atoms with Crippen LogP contribution in [0.5, 0.6) is 0 Å². The van der Waals surface area contributed by atoms with E-state index in [-0.39, 0.29) is 19.0 Å². The van der Waals surface area contributed by atoms with Gasteiger partial charge in [0.2, 0.25) is 0 Å². The van der Waals surface area contributed by atoms with E-state index in [1.807, 2.05) is 0 Å². The topological polar surface area (TPSA) is 23.5 Å². The highest BCUT2D eigenvalue weighted by atomic mass is 19.4. The molecule has 0 spiro atoms. The lowest BCUT2D eigenvalue weighted by atomic mass is 9.98. The fourth-order valence-electron chi connectivity index (χ4n) is 2.53. The Kier molecular flexibility index (Phi) is 4.29. The molecule has 1 N–H and O–H groups in total. The number of hydrogen-bond acceptors (Lipinski definition) is 2. The maximum Gasteiger partial charge on any atom is 0.406 e. The van der Waals surface area contributed by atoms with Crippen LogP contribution in [-0.2, 0) is 0 Å². The average Bonchev–Trinajstić information content (AvgIpc) is 2.81. The molecule has 2 rings (SSSR count). The quantitative estimate of drug-likeness (QED) is 0.867. The van der Waals surface area contributed by atoms with Gasteiger partial charge in [-0.1, -0.05) is 6.07 Å². The van der Waals surface area contributed by atoms with Crippen molar-refractivity contribution in [1.82, 2.24) is 4.90 Å². The van der Waals surface area contributed by atoms with Crippen LogP contribution in [0.25, 0.3) is 0 Å². The summed E-state index contributed by atoms with van der Waals surface area (Å²) in [5.74, 6) is -2.27. The second-order valence-electron chi connectivity index (χ2n) is 4.89. The zero-order valence-electron chi connectivity index (χ0n) is 10.5. The van der Waals surface area contributed by atoms with Crippen molar-refractivity contribution < 1.29 is 27.1 Å². The smallest absolute Gasteiger partial charge is 0.394 e. The van der Waals surface area contributed by atoms with Crippen LogP contribution in [0, 0.1) is 11.6 Å². The summed E-state index contributed by atoms with van der Waals surface area (Å²) in [7, 11) is 0. The van der Waals surface area contributed by atoms with Crippen molar-refractivity contribution in [3.8, 4) is 0 Å². The molecule has 0 aliphatic carbocycles. The number of aliphatic hydroxyl groups is 1. The molecule has 1 aromatic rings. The van der Waals surface area contributed by atoms with Crippen molar-refractivity contribution >= 4 is 0 Å². The van der Waals surface area contributed by atoms with Crippen molar-refractivity contribution in [2.45, 2.75) is 24.6 Å². The van der Waals surface area contributed by atoms with Gasteiger partial charge in [-0.2, -0.15) is 13.2 Å². The number of benzene rings is 1. The molecule has 1 aliphatic heterocycles. The van der Waals surface area contributed by atoms with Crippen molar-refractivity contribution in [1.29, 1.82) is 0 Å². The largest absolute Gasteiger partial charge is 0.406 e. The Bertz CT molecular complexity index is 476. The molecule has 0 saturated carbocycles. The van der Waals surface area contributed by atoms with Gasteiger partial charge in [-0.3, -0.25) is 4.90 Å². The first-order valence-electron chi connectivity index (χ1n) is 6.19. The number of rotatable bonds is 3. The molecule has 1 saturated heterocycles. The monoisotopic (exact) mass is 295 g/mol. The highest BCUT2D eigenvalue weighted by Crippen LogP contribution is 2.33. The minimum Gasteiger partial charge on any atom is -0.394 e. The minimum absolute atomic E-state index is 0.0653. The highest BCUT2D eigenvalue weighted by molar-refractivity contribution is 5.23. The maximum atomic E-state index is 13.1. The molecule has 0 amide bonds. The van der Waals surface area contributed by atoms with Crippen LogP contribution >= 0.6 is 0 Å². The zero-order chi connectivity index (χ0) is 14.9. The molecule has 0 unspecified atom stereocenters. The number of halogens is 5. The van der Waals surface area contributed by atoms with Crippen LogP contribution in [0.3, 0.4) is 0 Å². The van der Waals surface area contributed by atoms with Crippen LogP contribution in [-0.4, -0.2) is 41.9 Å². The Morgan fingerprint density at radius 2 is 1.95 bits per heavy atom. The summed E-state index contributed by atoms with van der Waals surface area (Å²) >= 11 is 0. The fraction of sp³-hybridized carbons (Fsp3) is 0.538. The van der Waals surface area contributed by atoms with E-state index < -0.39 is 30.5 Å². The number of likely N-dealkylation sites (tertiary alicyclic amines) is 1. The first kappa shape index (κ1) is 15.2. The van der Waals surface area contributed by atoms with Crippen molar-refractivity contribution in [3.63, 3.8) is 0 Å². The predicted molar refractivity (Wildman–Crippen MR) is 62.2 cm³/mol. The lowest BCUT2D eigenvalue weighted by Crippen LogP contribution is -2.46. The van der Waals surface area contributed by atoms with Gasteiger partial charge in [-0.05, 0) is 36.6 Å². The molecular weight excluding hydrogens is 281 g/mol. The Balaban J connectivity index is 2.10. The summed E-state index contributed by atoms with van der Waals surface area (Å²) in [5, 5.41) is 8.89. The Hall–Kier alpha value is -1.21. The molecule has 1 aliphatic rings. The molecular formula is C13H14F5NO. The standard InChI is InChI=1S/C13H14F5NO/c14-10-2-1-8(5-11(10)15)9-3-4-19(6-9)12(7-20)13(16,17)18/h1-2,5,9,12,20H,3-4,6-7H2/t9-,12-/m0/s1. The minimum atomic E-state index is -4.50. The van der Waals surface area contributed by atoms with Gasteiger partial charge in [-0.25, -0.2) is 8.78 Å². The average molecular weight is 295 g/mol. The summed E-state index contributed by atoms with van der Waals surface area (Å²) in [6.07, 6.45) is -4.09.